The quantitative estimate of drug-likeness (QED) is 0.787. The Morgan fingerprint density at radius 1 is 1.11 bits per heavy atom. The predicted octanol–water partition coefficient (Wildman–Crippen LogP) is 4.24. The van der Waals surface area contributed by atoms with Crippen LogP contribution in [0.1, 0.15) is 58.1 Å². The van der Waals surface area contributed by atoms with Crippen LogP contribution in [0.25, 0.3) is 0 Å². The molecule has 1 aromatic rings. The maximum Gasteiger partial charge on any atom is 0.235 e. The number of hydrogen-bond acceptors (Lipinski definition) is 5. The second kappa shape index (κ2) is 6.05. The average Bonchev–Trinajstić information content (AvgIpc) is 2.91. The van der Waals surface area contributed by atoms with E-state index in [1.807, 2.05) is 37.3 Å². The number of rotatable bonds is 2. The summed E-state index contributed by atoms with van der Waals surface area (Å²) in [6.45, 7) is 6.27. The topological polar surface area (TPSA) is 57.2 Å². The van der Waals surface area contributed by atoms with Crippen LogP contribution in [0.5, 0.6) is 0 Å². The zero-order chi connectivity index (χ0) is 18.8. The first-order chi connectivity index (χ1) is 12.9. The molecule has 6 rings (SSSR count). The van der Waals surface area contributed by atoms with Crippen LogP contribution in [-0.4, -0.2) is 22.8 Å². The van der Waals surface area contributed by atoms with Gasteiger partial charge in [0.05, 0.1) is 0 Å². The van der Waals surface area contributed by atoms with E-state index in [9.17, 15) is 5.11 Å². The normalized spacial score (nSPS) is 44.3. The van der Waals surface area contributed by atoms with Crippen LogP contribution in [0.4, 0.5) is 0 Å². The van der Waals surface area contributed by atoms with Crippen LogP contribution in [0.3, 0.4) is 0 Å². The van der Waals surface area contributed by atoms with Crippen LogP contribution in [0.15, 0.2) is 41.7 Å². The highest BCUT2D eigenvalue weighted by atomic mass is 17.3. The summed E-state index contributed by atoms with van der Waals surface area (Å²) >= 11 is 0. The highest BCUT2D eigenvalue weighted by Crippen LogP contribution is 2.60. The van der Waals surface area contributed by atoms with Crippen molar-refractivity contribution in [3.05, 3.63) is 47.2 Å². The van der Waals surface area contributed by atoms with Gasteiger partial charge in [-0.2, -0.15) is 0 Å². The van der Waals surface area contributed by atoms with Crippen molar-refractivity contribution < 1.29 is 24.4 Å². The van der Waals surface area contributed by atoms with Gasteiger partial charge in [-0.1, -0.05) is 37.3 Å². The molecule has 1 N–H and O–H groups in total. The first-order valence-electron chi connectivity index (χ1n) is 10.1. The van der Waals surface area contributed by atoms with Gasteiger partial charge in [0.1, 0.15) is 11.9 Å². The first-order valence-corrected chi connectivity index (χ1v) is 10.1. The second-order valence-corrected chi connectivity index (χ2v) is 8.83. The lowest BCUT2D eigenvalue weighted by molar-refractivity contribution is -0.556. The third kappa shape index (κ3) is 2.45. The van der Waals surface area contributed by atoms with Gasteiger partial charge in [0, 0.05) is 18.3 Å². The van der Waals surface area contributed by atoms with Crippen molar-refractivity contribution in [2.75, 3.05) is 0 Å². The van der Waals surface area contributed by atoms with Crippen molar-refractivity contribution in [3.8, 4) is 0 Å². The summed E-state index contributed by atoms with van der Waals surface area (Å²) in [6.07, 6.45) is 2.53. The van der Waals surface area contributed by atoms with Crippen molar-refractivity contribution in [2.45, 2.75) is 70.2 Å². The third-order valence-electron chi connectivity index (χ3n) is 7.23. The lowest BCUT2D eigenvalue weighted by Crippen LogP contribution is -2.66. The minimum Gasteiger partial charge on any atom is -0.463 e. The molecular formula is C22H28O5. The molecular weight excluding hydrogens is 344 g/mol. The predicted molar refractivity (Wildman–Crippen MR) is 98.0 cm³/mol. The minimum absolute atomic E-state index is 0.119. The van der Waals surface area contributed by atoms with E-state index in [0.29, 0.717) is 17.6 Å². The molecule has 1 spiro atoms. The van der Waals surface area contributed by atoms with E-state index in [0.717, 1.165) is 36.8 Å². The van der Waals surface area contributed by atoms with Crippen LogP contribution < -0.4 is 0 Å². The zero-order valence-electron chi connectivity index (χ0n) is 16.2. The van der Waals surface area contributed by atoms with Crippen LogP contribution in [-0.2, 0) is 19.2 Å². The Morgan fingerprint density at radius 3 is 2.67 bits per heavy atom. The Morgan fingerprint density at radius 2 is 1.89 bits per heavy atom. The summed E-state index contributed by atoms with van der Waals surface area (Å²) in [7, 11) is 0. The average molecular weight is 372 g/mol. The lowest BCUT2D eigenvalue weighted by Gasteiger charge is -2.57. The van der Waals surface area contributed by atoms with Crippen molar-refractivity contribution in [1.29, 1.82) is 0 Å². The smallest absolute Gasteiger partial charge is 0.235 e. The Kier molecular flexibility index (Phi) is 3.96. The summed E-state index contributed by atoms with van der Waals surface area (Å²) in [5.41, 5.74) is 1.25. The Balaban J connectivity index is 1.60. The zero-order valence-corrected chi connectivity index (χ0v) is 16.2. The molecule has 5 heteroatoms. The lowest BCUT2D eigenvalue weighted by atomic mass is 9.59. The van der Waals surface area contributed by atoms with E-state index >= 15 is 0 Å². The standard InChI is InChI=1S/C22H28O5/c1-13-9-10-17-14(2)19(18(23)15-7-5-4-6-8-15)24-20-22(17)16(13)11-12-21(3,25-20)26-27-22/h4-8,13,16-18,20,23H,9-12H2,1-3H3/t13-,16+,17+,18?,20-,21-,22-/m1/s1. The monoisotopic (exact) mass is 372 g/mol. The molecule has 0 amide bonds. The number of aliphatic hydroxyl groups excluding tert-OH is 1. The van der Waals surface area contributed by atoms with E-state index in [-0.39, 0.29) is 5.92 Å². The molecule has 1 aliphatic carbocycles. The molecule has 4 aliphatic heterocycles. The molecule has 5 aliphatic rings. The van der Waals surface area contributed by atoms with Gasteiger partial charge in [-0.25, -0.2) is 9.78 Å². The van der Waals surface area contributed by atoms with Crippen molar-refractivity contribution >= 4 is 0 Å². The molecule has 0 aromatic heterocycles. The Hall–Kier alpha value is -1.40. The summed E-state index contributed by atoms with van der Waals surface area (Å²) in [4.78, 5) is 11.9. The molecule has 5 nitrogen and oxygen atoms in total. The van der Waals surface area contributed by atoms with E-state index in [1.165, 1.54) is 0 Å². The SMILES string of the molecule is CC1=C(C(O)c2ccccc2)O[C@@H]2O[C@@]3(C)CC[C@H]4[C@H](C)CC[C@@H]1[C@@]24OO3. The molecule has 2 bridgehead atoms. The molecule has 0 radical (unpaired) electrons. The Labute approximate surface area is 160 Å². The number of benzene rings is 1. The molecule has 4 heterocycles. The van der Waals surface area contributed by atoms with Gasteiger partial charge in [-0.3, -0.25) is 0 Å². The fourth-order valence-electron chi connectivity index (χ4n) is 5.70. The van der Waals surface area contributed by atoms with Crippen LogP contribution in [0, 0.1) is 17.8 Å². The van der Waals surface area contributed by atoms with E-state index in [1.54, 1.807) is 0 Å². The number of hydrogen-bond donors (Lipinski definition) is 1. The van der Waals surface area contributed by atoms with Crippen molar-refractivity contribution in [1.82, 2.24) is 0 Å². The molecule has 4 fully saturated rings. The van der Waals surface area contributed by atoms with Gasteiger partial charge in [-0.15, -0.1) is 0 Å². The van der Waals surface area contributed by atoms with Gasteiger partial charge in [-0.05, 0) is 50.2 Å². The highest BCUT2D eigenvalue weighted by molar-refractivity contribution is 5.31. The van der Waals surface area contributed by atoms with Gasteiger partial charge in [0.2, 0.25) is 12.1 Å². The second-order valence-electron chi connectivity index (χ2n) is 8.83. The maximum atomic E-state index is 11.0. The molecule has 1 unspecified atom stereocenters. The third-order valence-corrected chi connectivity index (χ3v) is 7.23. The van der Waals surface area contributed by atoms with E-state index in [2.05, 4.69) is 13.8 Å². The van der Waals surface area contributed by atoms with Crippen molar-refractivity contribution in [3.63, 3.8) is 0 Å². The van der Waals surface area contributed by atoms with E-state index < -0.39 is 23.8 Å². The summed E-state index contributed by atoms with van der Waals surface area (Å²) in [6, 6.07) is 9.65. The largest absolute Gasteiger partial charge is 0.463 e. The van der Waals surface area contributed by atoms with Crippen LogP contribution >= 0.6 is 0 Å². The molecule has 27 heavy (non-hydrogen) atoms. The number of ether oxygens (including phenoxy) is 2. The highest BCUT2D eigenvalue weighted by Gasteiger charge is 2.68. The molecule has 3 saturated heterocycles. The molecule has 1 aromatic carbocycles. The maximum absolute atomic E-state index is 11.0. The first kappa shape index (κ1) is 17.7. The number of aliphatic hydroxyl groups is 1. The Bertz CT molecular complexity index is 761. The molecule has 7 atom stereocenters. The fraction of sp³-hybridized carbons (Fsp3) is 0.636. The van der Waals surface area contributed by atoms with Crippen molar-refractivity contribution in [2.24, 2.45) is 17.8 Å². The van der Waals surface area contributed by atoms with Gasteiger partial charge in [0.25, 0.3) is 0 Å². The fourth-order valence-corrected chi connectivity index (χ4v) is 5.70. The molecule has 146 valence electrons. The van der Waals surface area contributed by atoms with Gasteiger partial charge in [0.15, 0.2) is 5.60 Å². The van der Waals surface area contributed by atoms with E-state index in [4.69, 9.17) is 19.2 Å². The number of fused-ring (bicyclic) bond motifs is 2. The minimum atomic E-state index is -0.805. The summed E-state index contributed by atoms with van der Waals surface area (Å²) in [5.74, 6) is 0.763. The van der Waals surface area contributed by atoms with Gasteiger partial charge < -0.3 is 14.6 Å². The molecule has 1 saturated carbocycles. The van der Waals surface area contributed by atoms with Crippen LogP contribution in [0.2, 0.25) is 0 Å². The summed E-state index contributed by atoms with van der Waals surface area (Å²) < 4.78 is 12.7. The van der Waals surface area contributed by atoms with Gasteiger partial charge >= 0.3 is 0 Å². The summed E-state index contributed by atoms with van der Waals surface area (Å²) in [5, 5.41) is 11.0.